The molecule has 6 nitrogen and oxygen atoms in total. The lowest BCUT2D eigenvalue weighted by atomic mass is 9.84. The number of hydrogen-bond donors (Lipinski definition) is 0. The Labute approximate surface area is 248 Å². The summed E-state index contributed by atoms with van der Waals surface area (Å²) in [4.78, 5) is 46.6. The predicted octanol–water partition coefficient (Wildman–Crippen LogP) is 7.54. The topological polar surface area (TPSA) is 71.1 Å². The van der Waals surface area contributed by atoms with Gasteiger partial charge in [-0.25, -0.2) is 9.59 Å². The lowest BCUT2D eigenvalue weighted by Crippen LogP contribution is -2.44. The number of rotatable bonds is 17. The van der Waals surface area contributed by atoms with Gasteiger partial charge in [-0.2, -0.15) is 0 Å². The number of carbonyl (C=O) groups excluding carboxylic acids is 2. The third kappa shape index (κ3) is 7.74. The second kappa shape index (κ2) is 15.4. The van der Waals surface area contributed by atoms with E-state index in [9.17, 15) is 9.59 Å². The van der Waals surface area contributed by atoms with Crippen molar-refractivity contribution >= 4 is 38.5 Å². The van der Waals surface area contributed by atoms with Crippen LogP contribution in [-0.2, 0) is 19.6 Å². The van der Waals surface area contributed by atoms with Crippen LogP contribution in [0.2, 0.25) is 24.2 Å². The van der Waals surface area contributed by atoms with E-state index in [-0.39, 0.29) is 6.29 Å². The van der Waals surface area contributed by atoms with E-state index in [4.69, 9.17) is 19.6 Å². The van der Waals surface area contributed by atoms with Crippen LogP contribution in [0, 0.1) is 18.6 Å². The fraction of sp³-hybridized carbons (Fsp3) is 0.394. The molecule has 222 valence electrons. The second-order valence-corrected chi connectivity index (χ2v) is 19.9. The first-order valence-electron chi connectivity index (χ1n) is 14.6. The van der Waals surface area contributed by atoms with E-state index in [1.54, 1.807) is 24.3 Å². The molecule has 0 spiro atoms. The summed E-state index contributed by atoms with van der Waals surface area (Å²) in [6, 6.07) is 18.9. The van der Waals surface area contributed by atoms with E-state index in [1.165, 1.54) is 10.4 Å². The van der Waals surface area contributed by atoms with Crippen LogP contribution in [0.1, 0.15) is 75.1 Å². The minimum atomic E-state index is -1.79. The number of benzene rings is 2. The molecule has 2 radical (unpaired) electrons. The van der Waals surface area contributed by atoms with Gasteiger partial charge in [-0.05, 0) is 44.0 Å². The average molecular weight is 595 g/mol. The van der Waals surface area contributed by atoms with Crippen LogP contribution in [0.3, 0.4) is 0 Å². The molecule has 0 saturated heterocycles. The normalized spacial score (nSPS) is 12.2. The molecule has 0 bridgehead atoms. The monoisotopic (exact) mass is 594 g/mol. The molecule has 0 saturated carbocycles. The first-order valence-corrected chi connectivity index (χ1v) is 19.5. The Morgan fingerprint density at radius 1 is 0.634 bits per heavy atom. The van der Waals surface area contributed by atoms with Gasteiger partial charge in [-0.3, -0.25) is 9.78 Å². The van der Waals surface area contributed by atoms with E-state index in [0.717, 1.165) is 24.2 Å². The van der Waals surface area contributed by atoms with E-state index in [2.05, 4.69) is 59.2 Å². The molecule has 0 aliphatic carbocycles. The summed E-state index contributed by atoms with van der Waals surface area (Å²) in [5, 5.41) is 2.42. The predicted molar refractivity (Wildman–Crippen MR) is 171 cm³/mol. The van der Waals surface area contributed by atoms with E-state index < -0.39 is 33.5 Å². The number of hydrogen-bond acceptors (Lipinski definition) is 6. The molecule has 0 aliphatic heterocycles. The van der Waals surface area contributed by atoms with Crippen molar-refractivity contribution < 1.29 is 29.1 Å². The third-order valence-corrected chi connectivity index (χ3v) is 18.4. The summed E-state index contributed by atoms with van der Waals surface area (Å²) in [5.41, 5.74) is 3.92. The Kier molecular flexibility index (Phi) is 13.0. The molecule has 0 amide bonds. The molecule has 2 rings (SSSR count). The smallest absolute Gasteiger partial charge is 0.289 e. The van der Waals surface area contributed by atoms with Crippen LogP contribution in [-0.4, -0.2) is 28.1 Å². The van der Waals surface area contributed by atoms with Crippen molar-refractivity contribution in [3.05, 3.63) is 97.4 Å². The summed E-state index contributed by atoms with van der Waals surface area (Å²) in [7, 11) is -3.59. The van der Waals surface area contributed by atoms with Gasteiger partial charge in [0.2, 0.25) is 0 Å². The van der Waals surface area contributed by atoms with Crippen molar-refractivity contribution in [1.82, 2.24) is 0 Å². The highest BCUT2D eigenvalue weighted by Gasteiger charge is 2.40. The molecule has 41 heavy (non-hydrogen) atoms. The Hall–Kier alpha value is -2.79. The largest absolute Gasteiger partial charge is 0.373 e. The molecule has 2 aromatic carbocycles. The molecular weight excluding hydrogens is 549 g/mol. The molecule has 0 heterocycles. The first kappa shape index (κ1) is 34.4. The van der Waals surface area contributed by atoms with Crippen LogP contribution >= 0.6 is 0 Å². The zero-order valence-electron chi connectivity index (χ0n) is 25.6. The lowest BCUT2D eigenvalue weighted by molar-refractivity contribution is -0.381. The maximum Gasteiger partial charge on any atom is 0.373 e. The molecule has 2 aromatic rings. The molecule has 0 fully saturated rings. The van der Waals surface area contributed by atoms with E-state index in [0.29, 0.717) is 24.0 Å². The average Bonchev–Trinajstić information content (AvgIpc) is 3.03. The summed E-state index contributed by atoms with van der Waals surface area (Å²) in [6.45, 7) is 24.8. The maximum atomic E-state index is 12.8. The van der Waals surface area contributed by atoms with E-state index in [1.807, 2.05) is 38.1 Å². The molecule has 0 N–H and O–H groups in total. The molecule has 8 heteroatoms. The van der Waals surface area contributed by atoms with Gasteiger partial charge in [0.25, 0.3) is 0 Å². The van der Waals surface area contributed by atoms with E-state index >= 15 is 0 Å². The summed E-state index contributed by atoms with van der Waals surface area (Å²) in [6.07, 6.45) is 0.770. The third-order valence-electron chi connectivity index (χ3n) is 8.87. The van der Waals surface area contributed by atoms with Crippen molar-refractivity contribution in [2.24, 2.45) is 5.41 Å². The summed E-state index contributed by atoms with van der Waals surface area (Å²) in [5.74, 6) is -1.40. The van der Waals surface area contributed by atoms with Crippen molar-refractivity contribution in [1.29, 1.82) is 0 Å². The fourth-order valence-electron chi connectivity index (χ4n) is 4.98. The maximum absolute atomic E-state index is 12.8. The summed E-state index contributed by atoms with van der Waals surface area (Å²) >= 11 is 0. The van der Waals surface area contributed by atoms with Crippen molar-refractivity contribution in [3.63, 3.8) is 0 Å². The second-order valence-electron chi connectivity index (χ2n) is 10.5. The van der Waals surface area contributed by atoms with Gasteiger partial charge >= 0.3 is 18.2 Å². The first-order chi connectivity index (χ1) is 19.6. The Morgan fingerprint density at radius 3 is 1.20 bits per heavy atom. The lowest BCUT2D eigenvalue weighted by Gasteiger charge is -2.30. The zero-order valence-corrected chi connectivity index (χ0v) is 27.6. The molecule has 0 aliphatic rings. The highest BCUT2D eigenvalue weighted by Crippen LogP contribution is 2.38. The van der Waals surface area contributed by atoms with Gasteiger partial charge in [0.15, 0.2) is 0 Å². The van der Waals surface area contributed by atoms with Crippen LogP contribution in [0.25, 0.3) is 0 Å². The fourth-order valence-corrected chi connectivity index (χ4v) is 10.9. The standard InChI is InChI=1S/C33H46O6Si2/c1-10-33(9,11-2)32(38-36-30(34)26-18-22-28(23-19-26)40(12-3,13-4)14-5)39-37-31(35)27-20-24-29(25-21-27)41(15-6,16-7)17-8/h12,15,18-25H,3,6,9-11,13-14,16-17H2,1-2,4-5,7-8H3. The van der Waals surface area contributed by atoms with Crippen LogP contribution < -0.4 is 10.4 Å². The molecule has 0 aromatic heterocycles. The van der Waals surface area contributed by atoms with Gasteiger partial charge in [-0.1, -0.05) is 112 Å². The van der Waals surface area contributed by atoms with Gasteiger partial charge in [0.1, 0.15) is 16.1 Å². The molecule has 0 unspecified atom stereocenters. The van der Waals surface area contributed by atoms with Crippen molar-refractivity contribution in [3.8, 4) is 0 Å². The van der Waals surface area contributed by atoms with Gasteiger partial charge < -0.3 is 0 Å². The SMILES string of the molecule is [CH2]C(CC)(CC)[C](OOC(=O)c1ccc([Si](C=C)(CC)CC)cc1)OOC(=O)c1ccc([Si](C=C)(CC)CC)cc1. The molecular formula is C33H46O6Si2. The highest BCUT2D eigenvalue weighted by atomic mass is 28.3. The Morgan fingerprint density at radius 2 is 0.951 bits per heavy atom. The molecule has 0 atom stereocenters. The van der Waals surface area contributed by atoms with Crippen molar-refractivity contribution in [2.45, 2.75) is 78.6 Å². The van der Waals surface area contributed by atoms with Gasteiger partial charge in [-0.15, -0.1) is 22.9 Å². The highest BCUT2D eigenvalue weighted by molar-refractivity contribution is 6.96. The Bertz CT molecular complexity index is 1060. The van der Waals surface area contributed by atoms with Gasteiger partial charge in [0.05, 0.1) is 11.1 Å². The van der Waals surface area contributed by atoms with Crippen LogP contribution in [0.15, 0.2) is 73.1 Å². The van der Waals surface area contributed by atoms with Crippen LogP contribution in [0.5, 0.6) is 0 Å². The zero-order chi connectivity index (χ0) is 30.7. The van der Waals surface area contributed by atoms with Crippen molar-refractivity contribution in [2.75, 3.05) is 0 Å². The minimum Gasteiger partial charge on any atom is -0.289 e. The quantitative estimate of drug-likeness (QED) is 0.107. The number of carbonyl (C=O) groups is 2. The van der Waals surface area contributed by atoms with Gasteiger partial charge in [0, 0.05) is 5.41 Å². The Balaban J connectivity index is 2.13. The van der Waals surface area contributed by atoms with Crippen LogP contribution in [0.4, 0.5) is 0 Å². The summed E-state index contributed by atoms with van der Waals surface area (Å²) < 4.78 is 0. The minimum absolute atomic E-state index is 0.206.